The molecule has 0 spiro atoms. The fraction of sp³-hybridized carbons (Fsp3) is 0.280. The first-order valence-corrected chi connectivity index (χ1v) is 19.7. The fourth-order valence-electron chi connectivity index (χ4n) is 9.64. The quantitative estimate of drug-likeness (QED) is 0.164. The van der Waals surface area contributed by atoms with Gasteiger partial charge in [0.05, 0.1) is 22.4 Å². The van der Waals surface area contributed by atoms with Crippen molar-refractivity contribution < 1.29 is 0 Å². The van der Waals surface area contributed by atoms with Crippen LogP contribution in [-0.2, 0) is 0 Å². The topological polar surface area (TPSA) is 25.8 Å². The van der Waals surface area contributed by atoms with Crippen molar-refractivity contribution in [1.82, 2.24) is 9.97 Å². The number of benzene rings is 5. The van der Waals surface area contributed by atoms with Crippen LogP contribution in [0.4, 0.5) is 0 Å². The molecule has 52 heavy (non-hydrogen) atoms. The summed E-state index contributed by atoms with van der Waals surface area (Å²) in [5.41, 5.74) is 17.2. The lowest BCUT2D eigenvalue weighted by molar-refractivity contribution is 0.443. The normalized spacial score (nSPS) is 15.7. The van der Waals surface area contributed by atoms with Gasteiger partial charge in [0.2, 0.25) is 0 Å². The number of aromatic nitrogens is 2. The van der Waals surface area contributed by atoms with Gasteiger partial charge in [-0.25, -0.2) is 9.97 Å². The summed E-state index contributed by atoms with van der Waals surface area (Å²) in [4.78, 5) is 11.4. The van der Waals surface area contributed by atoms with Crippen LogP contribution < -0.4 is 0 Å². The first-order chi connectivity index (χ1) is 25.6. The lowest BCUT2D eigenvalue weighted by Crippen LogP contribution is -2.09. The van der Waals surface area contributed by atoms with Crippen LogP contribution in [0.15, 0.2) is 121 Å². The standard InChI is InChI=1S/C50H48N2/c1-33-17-15-27-41(47(33)37-23-11-5-12-24-37)45-31-43(35-19-7-3-8-20-35)39-29-30-40-44(36-21-9-4-10-22-36)32-46(52-50(40)49(39)51-45)42-28-16-18-34(2)48(42)38-25-13-6-14-26-38/h3-4,7-10,15-22,27-32,37-38H,5-6,11-14,23-26H2,1-2H3. The first kappa shape index (κ1) is 32.8. The van der Waals surface area contributed by atoms with Crippen LogP contribution in [0.2, 0.25) is 0 Å². The highest BCUT2D eigenvalue weighted by Crippen LogP contribution is 2.45. The van der Waals surface area contributed by atoms with E-state index in [9.17, 15) is 0 Å². The molecule has 0 amide bonds. The monoisotopic (exact) mass is 676 g/mol. The van der Waals surface area contributed by atoms with Crippen molar-refractivity contribution in [3.05, 3.63) is 144 Å². The number of hydrogen-bond donors (Lipinski definition) is 0. The highest BCUT2D eigenvalue weighted by atomic mass is 14.8. The highest BCUT2D eigenvalue weighted by molar-refractivity contribution is 6.13. The molecule has 2 fully saturated rings. The van der Waals surface area contributed by atoms with Crippen LogP contribution in [0.1, 0.15) is 98.3 Å². The molecule has 2 heteroatoms. The zero-order valence-electron chi connectivity index (χ0n) is 30.7. The van der Waals surface area contributed by atoms with E-state index < -0.39 is 0 Å². The van der Waals surface area contributed by atoms with E-state index in [1.54, 1.807) is 0 Å². The van der Waals surface area contributed by atoms with Gasteiger partial charge in [-0.05, 0) is 108 Å². The van der Waals surface area contributed by atoms with Crippen molar-refractivity contribution in [2.75, 3.05) is 0 Å². The van der Waals surface area contributed by atoms with Gasteiger partial charge >= 0.3 is 0 Å². The maximum absolute atomic E-state index is 5.69. The molecule has 0 saturated heterocycles. The molecule has 258 valence electrons. The van der Waals surface area contributed by atoms with Crippen molar-refractivity contribution >= 4 is 21.8 Å². The van der Waals surface area contributed by atoms with Gasteiger partial charge in [0, 0.05) is 21.9 Å². The Balaban J connectivity index is 1.36. The Labute approximate surface area is 309 Å². The Morgan fingerprint density at radius 2 is 0.808 bits per heavy atom. The van der Waals surface area contributed by atoms with Crippen molar-refractivity contribution in [2.45, 2.75) is 89.9 Å². The molecule has 0 atom stereocenters. The molecular weight excluding hydrogens is 629 g/mol. The molecule has 2 aliphatic rings. The average molecular weight is 677 g/mol. The molecule has 2 heterocycles. The van der Waals surface area contributed by atoms with Crippen molar-refractivity contribution in [3.63, 3.8) is 0 Å². The van der Waals surface area contributed by atoms with E-state index in [-0.39, 0.29) is 0 Å². The molecule has 2 nitrogen and oxygen atoms in total. The zero-order chi connectivity index (χ0) is 35.0. The van der Waals surface area contributed by atoms with Gasteiger partial charge in [0.25, 0.3) is 0 Å². The van der Waals surface area contributed by atoms with Crippen molar-refractivity contribution in [2.24, 2.45) is 0 Å². The van der Waals surface area contributed by atoms with Gasteiger partial charge < -0.3 is 0 Å². The van der Waals surface area contributed by atoms with Gasteiger partial charge in [-0.3, -0.25) is 0 Å². The number of rotatable bonds is 6. The Kier molecular flexibility index (Phi) is 8.93. The third kappa shape index (κ3) is 6.03. The van der Waals surface area contributed by atoms with Crippen LogP contribution in [0.3, 0.4) is 0 Å². The van der Waals surface area contributed by atoms with E-state index in [2.05, 4.69) is 135 Å². The summed E-state index contributed by atoms with van der Waals surface area (Å²) in [6.45, 7) is 4.60. The van der Waals surface area contributed by atoms with Crippen LogP contribution in [0.25, 0.3) is 66.6 Å². The lowest BCUT2D eigenvalue weighted by atomic mass is 9.79. The van der Waals surface area contributed by atoms with Crippen molar-refractivity contribution in [1.29, 1.82) is 0 Å². The summed E-state index contributed by atoms with van der Waals surface area (Å²) in [7, 11) is 0. The van der Waals surface area contributed by atoms with Gasteiger partial charge in [0.15, 0.2) is 0 Å². The van der Waals surface area contributed by atoms with E-state index in [1.807, 2.05) is 0 Å². The third-order valence-corrected chi connectivity index (χ3v) is 12.2. The van der Waals surface area contributed by atoms with Gasteiger partial charge in [-0.1, -0.05) is 148 Å². The number of fused-ring (bicyclic) bond motifs is 3. The summed E-state index contributed by atoms with van der Waals surface area (Å²) in [6.07, 6.45) is 12.9. The molecule has 2 aliphatic carbocycles. The second kappa shape index (κ2) is 14.2. The van der Waals surface area contributed by atoms with E-state index in [0.29, 0.717) is 11.8 Å². The second-order valence-corrected chi connectivity index (χ2v) is 15.4. The highest BCUT2D eigenvalue weighted by Gasteiger charge is 2.25. The average Bonchev–Trinajstić information content (AvgIpc) is 3.21. The third-order valence-electron chi connectivity index (χ3n) is 12.2. The Morgan fingerprint density at radius 1 is 0.404 bits per heavy atom. The van der Waals surface area contributed by atoms with Gasteiger partial charge in [-0.2, -0.15) is 0 Å². The second-order valence-electron chi connectivity index (χ2n) is 15.4. The summed E-state index contributed by atoms with van der Waals surface area (Å²) in [5.74, 6) is 1.15. The minimum absolute atomic E-state index is 0.573. The number of hydrogen-bond acceptors (Lipinski definition) is 2. The maximum Gasteiger partial charge on any atom is 0.0978 e. The smallest absolute Gasteiger partial charge is 0.0978 e. The Hall–Kier alpha value is -5.08. The Morgan fingerprint density at radius 3 is 1.21 bits per heavy atom. The molecule has 0 N–H and O–H groups in total. The summed E-state index contributed by atoms with van der Waals surface area (Å²) < 4.78 is 0. The molecular formula is C50H48N2. The molecule has 5 aromatic carbocycles. The first-order valence-electron chi connectivity index (χ1n) is 19.7. The zero-order valence-corrected chi connectivity index (χ0v) is 30.7. The Bertz CT molecular complexity index is 2210. The van der Waals surface area contributed by atoms with Crippen LogP contribution >= 0.6 is 0 Å². The lowest BCUT2D eigenvalue weighted by Gasteiger charge is -2.27. The minimum atomic E-state index is 0.573. The largest absolute Gasteiger partial charge is 0.245 e. The number of pyridine rings is 2. The number of aryl methyl sites for hydroxylation is 2. The predicted octanol–water partition coefficient (Wildman–Crippen LogP) is 14.2. The van der Waals surface area contributed by atoms with Crippen LogP contribution in [0.5, 0.6) is 0 Å². The van der Waals surface area contributed by atoms with Crippen LogP contribution in [-0.4, -0.2) is 9.97 Å². The number of nitrogens with zero attached hydrogens (tertiary/aromatic N) is 2. The predicted molar refractivity (Wildman–Crippen MR) is 220 cm³/mol. The van der Waals surface area contributed by atoms with Gasteiger partial charge in [0.1, 0.15) is 0 Å². The molecule has 0 bridgehead atoms. The van der Waals surface area contributed by atoms with Gasteiger partial charge in [-0.15, -0.1) is 0 Å². The SMILES string of the molecule is Cc1cccc(-c2cc(-c3ccccc3)c3ccc4c(-c5ccccc5)cc(-c5cccc(C)c5C5CCCCC5)nc4c3n2)c1C1CCCCC1. The van der Waals surface area contributed by atoms with E-state index in [1.165, 1.54) is 120 Å². The fourth-order valence-corrected chi connectivity index (χ4v) is 9.64. The molecule has 2 saturated carbocycles. The molecule has 0 aliphatic heterocycles. The summed E-state index contributed by atoms with van der Waals surface area (Å²) in [6, 6.07) is 44.8. The van der Waals surface area contributed by atoms with E-state index in [0.717, 1.165) is 33.2 Å². The molecule has 0 unspecified atom stereocenters. The summed E-state index contributed by atoms with van der Waals surface area (Å²) in [5, 5.41) is 2.30. The maximum atomic E-state index is 5.69. The molecule has 9 rings (SSSR count). The van der Waals surface area contributed by atoms with Crippen LogP contribution in [0, 0.1) is 13.8 Å². The molecule has 7 aromatic rings. The molecule has 0 radical (unpaired) electrons. The van der Waals surface area contributed by atoms with Crippen molar-refractivity contribution in [3.8, 4) is 44.8 Å². The minimum Gasteiger partial charge on any atom is -0.245 e. The summed E-state index contributed by atoms with van der Waals surface area (Å²) >= 11 is 0. The molecule has 2 aromatic heterocycles. The van der Waals surface area contributed by atoms with E-state index >= 15 is 0 Å². The van der Waals surface area contributed by atoms with E-state index in [4.69, 9.17) is 9.97 Å².